The van der Waals surface area contributed by atoms with Crippen LogP contribution in [0.2, 0.25) is 0 Å². The monoisotopic (exact) mass is 241 g/mol. The van der Waals surface area contributed by atoms with Crippen molar-refractivity contribution >= 4 is 11.9 Å². The zero-order chi connectivity index (χ0) is 12.7. The zero-order valence-electron chi connectivity index (χ0n) is 10.6. The molecule has 0 radical (unpaired) electrons. The number of carboxylic acid groups (broad SMARTS) is 1. The molecule has 17 heavy (non-hydrogen) atoms. The molecular weight excluding hydrogens is 218 g/mol. The molecule has 0 spiro atoms. The van der Waals surface area contributed by atoms with Gasteiger partial charge in [-0.3, -0.25) is 9.59 Å². The molecule has 0 aliphatic heterocycles. The summed E-state index contributed by atoms with van der Waals surface area (Å²) in [5.74, 6) is -1.68. The first-order valence-corrected chi connectivity index (χ1v) is 6.67. The minimum Gasteiger partial charge on any atom is -0.481 e. The Morgan fingerprint density at radius 2 is 1.82 bits per heavy atom. The maximum absolute atomic E-state index is 11.9. The summed E-state index contributed by atoms with van der Waals surface area (Å²) in [5, 5.41) is 12.0. The van der Waals surface area contributed by atoms with Crippen molar-refractivity contribution in [3.63, 3.8) is 0 Å². The Morgan fingerprint density at radius 3 is 2.41 bits per heavy atom. The van der Waals surface area contributed by atoms with E-state index in [0.29, 0.717) is 13.0 Å². The van der Waals surface area contributed by atoms with Gasteiger partial charge in [-0.25, -0.2) is 0 Å². The standard InChI is InChI=1S/C13H23NO3/c1-2-3-6-9-14-12(15)10-7-4-5-8-11(10)13(16)17/h10-11H,2-9H2,1H3,(H,14,15)(H,16,17)/t10?,11-/m1/s1. The molecule has 1 unspecified atom stereocenters. The molecule has 1 aliphatic carbocycles. The molecular formula is C13H23NO3. The van der Waals surface area contributed by atoms with Crippen LogP contribution in [-0.2, 0) is 9.59 Å². The van der Waals surface area contributed by atoms with E-state index in [1.54, 1.807) is 0 Å². The number of hydrogen-bond acceptors (Lipinski definition) is 2. The predicted molar refractivity (Wildman–Crippen MR) is 65.6 cm³/mol. The maximum atomic E-state index is 11.9. The van der Waals surface area contributed by atoms with Crippen LogP contribution >= 0.6 is 0 Å². The van der Waals surface area contributed by atoms with E-state index in [0.717, 1.165) is 38.5 Å². The Morgan fingerprint density at radius 1 is 1.18 bits per heavy atom. The SMILES string of the molecule is CCCCCNC(=O)C1CCCC[C@H]1C(=O)O. The molecule has 1 saturated carbocycles. The Labute approximate surface area is 103 Å². The smallest absolute Gasteiger partial charge is 0.307 e. The molecule has 98 valence electrons. The number of carbonyl (C=O) groups excluding carboxylic acids is 1. The quantitative estimate of drug-likeness (QED) is 0.700. The van der Waals surface area contributed by atoms with Crippen LogP contribution in [0.25, 0.3) is 0 Å². The molecule has 4 heteroatoms. The number of aliphatic carboxylic acids is 1. The molecule has 1 aliphatic rings. The van der Waals surface area contributed by atoms with Gasteiger partial charge in [0.05, 0.1) is 11.8 Å². The minimum atomic E-state index is -0.821. The summed E-state index contributed by atoms with van der Waals surface area (Å²) in [6, 6.07) is 0. The minimum absolute atomic E-state index is 0.0618. The van der Waals surface area contributed by atoms with E-state index in [4.69, 9.17) is 5.11 Å². The summed E-state index contributed by atoms with van der Waals surface area (Å²) < 4.78 is 0. The van der Waals surface area contributed by atoms with Crippen molar-refractivity contribution in [1.82, 2.24) is 5.32 Å². The fourth-order valence-electron chi connectivity index (χ4n) is 2.46. The van der Waals surface area contributed by atoms with Crippen LogP contribution in [0.3, 0.4) is 0 Å². The van der Waals surface area contributed by atoms with Gasteiger partial charge in [0, 0.05) is 6.54 Å². The Balaban J connectivity index is 2.39. The molecule has 0 saturated heterocycles. The molecule has 0 aromatic rings. The van der Waals surface area contributed by atoms with Gasteiger partial charge in [0.25, 0.3) is 0 Å². The summed E-state index contributed by atoms with van der Waals surface area (Å²) in [4.78, 5) is 23.0. The van der Waals surface area contributed by atoms with Crippen LogP contribution in [0.1, 0.15) is 51.9 Å². The Bertz CT molecular complexity index is 265. The molecule has 1 fully saturated rings. The highest BCUT2D eigenvalue weighted by atomic mass is 16.4. The number of hydrogen-bond donors (Lipinski definition) is 2. The number of amides is 1. The van der Waals surface area contributed by atoms with Crippen LogP contribution in [0.15, 0.2) is 0 Å². The first kappa shape index (κ1) is 14.0. The third kappa shape index (κ3) is 4.36. The number of carboxylic acids is 1. The highest BCUT2D eigenvalue weighted by molar-refractivity contribution is 5.84. The van der Waals surface area contributed by atoms with Crippen LogP contribution < -0.4 is 5.32 Å². The number of carbonyl (C=O) groups is 2. The average Bonchev–Trinajstić information content (AvgIpc) is 2.34. The Hall–Kier alpha value is -1.06. The van der Waals surface area contributed by atoms with Gasteiger partial charge in [0.1, 0.15) is 0 Å². The van der Waals surface area contributed by atoms with E-state index in [9.17, 15) is 9.59 Å². The van der Waals surface area contributed by atoms with Crippen LogP contribution in [0.5, 0.6) is 0 Å². The van der Waals surface area contributed by atoms with Gasteiger partial charge in [-0.15, -0.1) is 0 Å². The second-order valence-corrected chi connectivity index (χ2v) is 4.83. The summed E-state index contributed by atoms with van der Waals surface area (Å²) >= 11 is 0. The van der Waals surface area contributed by atoms with Gasteiger partial charge in [0.2, 0.25) is 5.91 Å². The molecule has 4 nitrogen and oxygen atoms in total. The molecule has 1 rings (SSSR count). The highest BCUT2D eigenvalue weighted by Crippen LogP contribution is 2.30. The topological polar surface area (TPSA) is 66.4 Å². The highest BCUT2D eigenvalue weighted by Gasteiger charge is 2.35. The van der Waals surface area contributed by atoms with Crippen molar-refractivity contribution in [2.45, 2.75) is 51.9 Å². The van der Waals surface area contributed by atoms with E-state index in [2.05, 4.69) is 12.2 Å². The van der Waals surface area contributed by atoms with Gasteiger partial charge >= 0.3 is 5.97 Å². The lowest BCUT2D eigenvalue weighted by Crippen LogP contribution is -2.40. The molecule has 1 amide bonds. The van der Waals surface area contributed by atoms with Crippen molar-refractivity contribution in [3.05, 3.63) is 0 Å². The van der Waals surface area contributed by atoms with E-state index >= 15 is 0 Å². The lowest BCUT2D eigenvalue weighted by atomic mass is 9.78. The second-order valence-electron chi connectivity index (χ2n) is 4.83. The van der Waals surface area contributed by atoms with Gasteiger partial charge in [-0.1, -0.05) is 32.6 Å². The number of nitrogens with one attached hydrogen (secondary N) is 1. The normalized spacial score (nSPS) is 24.3. The average molecular weight is 241 g/mol. The Kier molecular flexibility index (Phi) is 6.01. The van der Waals surface area contributed by atoms with E-state index in [1.165, 1.54) is 0 Å². The van der Waals surface area contributed by atoms with Crippen LogP contribution in [0, 0.1) is 11.8 Å². The van der Waals surface area contributed by atoms with Crippen molar-refractivity contribution in [3.8, 4) is 0 Å². The number of rotatable bonds is 6. The third-order valence-corrected chi connectivity index (χ3v) is 3.50. The first-order chi connectivity index (χ1) is 8.16. The lowest BCUT2D eigenvalue weighted by molar-refractivity contribution is -0.148. The third-order valence-electron chi connectivity index (χ3n) is 3.50. The largest absolute Gasteiger partial charge is 0.481 e. The van der Waals surface area contributed by atoms with Crippen LogP contribution in [0.4, 0.5) is 0 Å². The van der Waals surface area contributed by atoms with Gasteiger partial charge in [0.15, 0.2) is 0 Å². The van der Waals surface area contributed by atoms with Crippen molar-refractivity contribution in [2.24, 2.45) is 11.8 Å². The molecule has 0 heterocycles. The van der Waals surface area contributed by atoms with Gasteiger partial charge in [-0.05, 0) is 19.3 Å². The molecule has 0 aromatic carbocycles. The van der Waals surface area contributed by atoms with Crippen molar-refractivity contribution in [1.29, 1.82) is 0 Å². The summed E-state index contributed by atoms with van der Waals surface area (Å²) in [7, 11) is 0. The lowest BCUT2D eigenvalue weighted by Gasteiger charge is -2.27. The van der Waals surface area contributed by atoms with E-state index < -0.39 is 11.9 Å². The van der Waals surface area contributed by atoms with Gasteiger partial charge < -0.3 is 10.4 Å². The molecule has 2 atom stereocenters. The molecule has 0 aromatic heterocycles. The summed E-state index contributed by atoms with van der Waals surface area (Å²) in [6.45, 7) is 2.79. The van der Waals surface area contributed by atoms with Crippen molar-refractivity contribution in [2.75, 3.05) is 6.54 Å². The van der Waals surface area contributed by atoms with Gasteiger partial charge in [-0.2, -0.15) is 0 Å². The fraction of sp³-hybridized carbons (Fsp3) is 0.846. The fourth-order valence-corrected chi connectivity index (χ4v) is 2.46. The number of unbranched alkanes of at least 4 members (excludes halogenated alkanes) is 2. The van der Waals surface area contributed by atoms with Crippen LogP contribution in [-0.4, -0.2) is 23.5 Å². The summed E-state index contributed by atoms with van der Waals surface area (Å²) in [6.07, 6.45) is 6.46. The molecule has 2 N–H and O–H groups in total. The first-order valence-electron chi connectivity index (χ1n) is 6.67. The van der Waals surface area contributed by atoms with E-state index in [-0.39, 0.29) is 11.8 Å². The zero-order valence-corrected chi connectivity index (χ0v) is 10.6. The summed E-state index contributed by atoms with van der Waals surface area (Å²) in [5.41, 5.74) is 0. The van der Waals surface area contributed by atoms with Crippen molar-refractivity contribution < 1.29 is 14.7 Å². The second kappa shape index (κ2) is 7.30. The maximum Gasteiger partial charge on any atom is 0.307 e. The predicted octanol–water partition coefficient (Wildman–Crippen LogP) is 2.18. The molecule has 0 bridgehead atoms. The van der Waals surface area contributed by atoms with E-state index in [1.807, 2.05) is 0 Å².